The summed E-state index contributed by atoms with van der Waals surface area (Å²) < 4.78 is 0. The Morgan fingerprint density at radius 1 is 0.810 bits per heavy atom. The molecule has 0 saturated heterocycles. The molecule has 1 radical (unpaired) electrons. The van der Waals surface area contributed by atoms with Crippen molar-refractivity contribution in [1.82, 2.24) is 0 Å². The topological polar surface area (TPSA) is 0 Å². The SMILES string of the molecule is CC(C)c1cc[cH-]c1.CC(C)c1cc[cH-]c1.C[SiH]C.Cl.[Sm]. The predicted molar refractivity (Wildman–Crippen MR) is 98.4 cm³/mol. The van der Waals surface area contributed by atoms with E-state index in [0.29, 0.717) is 11.8 Å². The second kappa shape index (κ2) is 16.9. The van der Waals surface area contributed by atoms with Crippen LogP contribution in [0.5, 0.6) is 0 Å². The van der Waals surface area contributed by atoms with Gasteiger partial charge in [0.2, 0.25) is 0 Å². The van der Waals surface area contributed by atoms with Gasteiger partial charge in [-0.25, -0.2) is 12.1 Å². The van der Waals surface area contributed by atoms with E-state index < -0.39 is 0 Å². The predicted octanol–water partition coefficient (Wildman–Crippen LogP) is 6.00. The number of halogens is 1. The molecule has 0 fully saturated rings. The van der Waals surface area contributed by atoms with Crippen LogP contribution in [0.25, 0.3) is 0 Å². The summed E-state index contributed by atoms with van der Waals surface area (Å²) in [6.07, 6.45) is 0. The van der Waals surface area contributed by atoms with Crippen molar-refractivity contribution in [3.63, 3.8) is 0 Å². The molecule has 2 rings (SSSR count). The van der Waals surface area contributed by atoms with Gasteiger partial charge in [0.15, 0.2) is 0 Å². The van der Waals surface area contributed by atoms with Crippen LogP contribution < -0.4 is 0 Å². The van der Waals surface area contributed by atoms with Gasteiger partial charge in [0, 0.05) is 49.9 Å². The first-order valence-electron chi connectivity index (χ1n) is 7.20. The standard InChI is InChI=1S/2C8H11.C2H7Si.ClH.Sm/c2*1-7(2)8-5-3-4-6-8;1-3-2;;/h2*3-7H,1-2H3;3H,1-2H3;1H;/q2*-1;;;. The van der Waals surface area contributed by atoms with Crippen LogP contribution in [0.3, 0.4) is 0 Å². The molecule has 121 valence electrons. The van der Waals surface area contributed by atoms with Crippen LogP contribution in [0, 0.1) is 40.4 Å². The molecule has 0 saturated carbocycles. The van der Waals surface area contributed by atoms with E-state index in [9.17, 15) is 0 Å². The van der Waals surface area contributed by atoms with Gasteiger partial charge in [0.1, 0.15) is 0 Å². The minimum Gasteiger partial charge on any atom is -0.210 e. The monoisotopic (exact) mass is 461 g/mol. The molecular weight excluding hydrogens is 430 g/mol. The number of rotatable bonds is 2. The molecule has 2 aromatic carbocycles. The first kappa shape index (κ1) is 26.4. The summed E-state index contributed by atoms with van der Waals surface area (Å²) in [4.78, 5) is 0. The summed E-state index contributed by atoms with van der Waals surface area (Å²) >= 11 is 0. The fourth-order valence-corrected chi connectivity index (χ4v) is 1.55. The summed E-state index contributed by atoms with van der Waals surface area (Å²) in [5, 5.41) is 0. The summed E-state index contributed by atoms with van der Waals surface area (Å²) in [6.45, 7) is 13.2. The van der Waals surface area contributed by atoms with Crippen molar-refractivity contribution < 1.29 is 40.4 Å². The first-order chi connectivity index (χ1) is 9.02. The van der Waals surface area contributed by atoms with E-state index >= 15 is 0 Å². The van der Waals surface area contributed by atoms with Crippen molar-refractivity contribution in [3.05, 3.63) is 59.7 Å². The first-order valence-corrected chi connectivity index (χ1v) is 9.51. The molecule has 0 aliphatic rings. The summed E-state index contributed by atoms with van der Waals surface area (Å²) in [6, 6.07) is 16.9. The van der Waals surface area contributed by atoms with Crippen LogP contribution in [-0.2, 0) is 0 Å². The molecule has 0 nitrogen and oxygen atoms in total. The van der Waals surface area contributed by atoms with Crippen molar-refractivity contribution in [2.75, 3.05) is 0 Å². The zero-order valence-corrected chi connectivity index (χ0v) is 18.8. The van der Waals surface area contributed by atoms with E-state index in [1.165, 1.54) is 11.1 Å². The molecular formula is C18H30ClSiSm-2. The van der Waals surface area contributed by atoms with E-state index in [1.807, 2.05) is 0 Å². The van der Waals surface area contributed by atoms with E-state index in [0.717, 1.165) is 9.52 Å². The van der Waals surface area contributed by atoms with Gasteiger partial charge in [0.05, 0.1) is 0 Å². The van der Waals surface area contributed by atoms with Crippen molar-refractivity contribution in [2.24, 2.45) is 0 Å². The molecule has 0 amide bonds. The molecule has 0 unspecified atom stereocenters. The molecule has 2 aromatic rings. The second-order valence-electron chi connectivity index (χ2n) is 5.32. The smallest absolute Gasteiger partial charge is 0.0213 e. The average Bonchev–Trinajstić information content (AvgIpc) is 3.05. The van der Waals surface area contributed by atoms with Crippen LogP contribution in [-0.4, -0.2) is 9.52 Å². The van der Waals surface area contributed by atoms with Crippen LogP contribution in [0.15, 0.2) is 48.5 Å². The van der Waals surface area contributed by atoms with Gasteiger partial charge in [-0.05, 0) is 0 Å². The third-order valence-electron chi connectivity index (χ3n) is 2.71. The van der Waals surface area contributed by atoms with Gasteiger partial charge in [-0.15, -0.1) is 12.4 Å². The Kier molecular flexibility index (Phi) is 21.3. The Morgan fingerprint density at radius 2 is 1.10 bits per heavy atom. The molecule has 0 aliphatic heterocycles. The van der Waals surface area contributed by atoms with Crippen LogP contribution in [0.2, 0.25) is 13.1 Å². The molecule has 0 N–H and O–H groups in total. The molecule has 21 heavy (non-hydrogen) atoms. The van der Waals surface area contributed by atoms with Gasteiger partial charge in [-0.1, -0.05) is 52.6 Å². The van der Waals surface area contributed by atoms with Gasteiger partial charge in [-0.3, -0.25) is 0 Å². The van der Waals surface area contributed by atoms with Crippen molar-refractivity contribution in [3.8, 4) is 0 Å². The van der Waals surface area contributed by atoms with Crippen molar-refractivity contribution in [1.29, 1.82) is 0 Å². The normalized spacial score (nSPS) is 8.76. The van der Waals surface area contributed by atoms with Crippen LogP contribution in [0.4, 0.5) is 0 Å². The minimum absolute atomic E-state index is 0. The van der Waals surface area contributed by atoms with Crippen LogP contribution in [0.1, 0.15) is 50.7 Å². The molecule has 0 bridgehead atoms. The summed E-state index contributed by atoms with van der Waals surface area (Å²) in [7, 11) is 0.750. The van der Waals surface area contributed by atoms with Crippen molar-refractivity contribution >= 4 is 21.9 Å². The third kappa shape index (κ3) is 13.9. The van der Waals surface area contributed by atoms with Gasteiger partial charge < -0.3 is 0 Å². The number of hydrogen-bond donors (Lipinski definition) is 0. The van der Waals surface area contributed by atoms with E-state index in [4.69, 9.17) is 0 Å². The van der Waals surface area contributed by atoms with Gasteiger partial charge in [0.25, 0.3) is 0 Å². The molecule has 0 aliphatic carbocycles. The zero-order chi connectivity index (χ0) is 14.7. The van der Waals surface area contributed by atoms with E-state index in [2.05, 4.69) is 89.3 Å². The second-order valence-corrected chi connectivity index (χ2v) is 6.48. The minimum atomic E-state index is 0. The Hall–Kier alpha value is 0.545. The van der Waals surface area contributed by atoms with Crippen molar-refractivity contribution in [2.45, 2.75) is 52.6 Å². The Labute approximate surface area is 173 Å². The molecule has 0 aromatic heterocycles. The molecule has 0 atom stereocenters. The van der Waals surface area contributed by atoms with Gasteiger partial charge >= 0.3 is 0 Å². The largest absolute Gasteiger partial charge is 0.210 e. The Bertz CT molecular complexity index is 339. The third-order valence-corrected chi connectivity index (χ3v) is 2.71. The molecule has 0 spiro atoms. The quantitative estimate of drug-likeness (QED) is 0.381. The maximum atomic E-state index is 2.21. The fraction of sp³-hybridized carbons (Fsp3) is 0.444. The fourth-order valence-electron chi connectivity index (χ4n) is 1.55. The molecule has 3 heteroatoms. The summed E-state index contributed by atoms with van der Waals surface area (Å²) in [5.74, 6) is 1.37. The molecule has 0 heterocycles. The Morgan fingerprint density at radius 3 is 1.19 bits per heavy atom. The van der Waals surface area contributed by atoms with Crippen LogP contribution >= 0.6 is 12.4 Å². The van der Waals surface area contributed by atoms with Gasteiger partial charge in [-0.2, -0.15) is 47.5 Å². The van der Waals surface area contributed by atoms with E-state index in [-0.39, 0.29) is 52.8 Å². The zero-order valence-electron chi connectivity index (χ0n) is 14.2. The summed E-state index contributed by atoms with van der Waals surface area (Å²) in [5.41, 5.74) is 2.87. The number of hydrogen-bond acceptors (Lipinski definition) is 0. The Balaban J connectivity index is -0.000000242. The van der Waals surface area contributed by atoms with E-state index in [1.54, 1.807) is 0 Å². The average molecular weight is 460 g/mol. The maximum Gasteiger partial charge on any atom is 0.0213 e. The maximum absolute atomic E-state index is 2.21.